The maximum Gasteiger partial charge on any atom is 0.329 e. The first-order valence-corrected chi connectivity index (χ1v) is 5.26. The molecule has 1 heterocycles. The second kappa shape index (κ2) is 5.25. The van der Waals surface area contributed by atoms with Gasteiger partial charge in [-0.25, -0.2) is 14.8 Å². The monoisotopic (exact) mass is 234 g/mol. The van der Waals surface area contributed by atoms with E-state index in [1.165, 1.54) is 12.4 Å². The number of aliphatic carboxylic acids is 1. The average molecular weight is 234 g/mol. The molecule has 2 N–H and O–H groups in total. The van der Waals surface area contributed by atoms with Crippen molar-refractivity contribution in [2.75, 3.05) is 5.32 Å². The molecule has 0 saturated carbocycles. The van der Waals surface area contributed by atoms with Crippen LogP contribution in [0.3, 0.4) is 0 Å². The minimum Gasteiger partial charge on any atom is -0.480 e. The lowest BCUT2D eigenvalue weighted by Crippen LogP contribution is -2.43. The molecular weight excluding hydrogens is 220 g/mol. The quantitative estimate of drug-likeness (QED) is 0.799. The molecule has 1 atom stereocenters. The summed E-state index contributed by atoms with van der Waals surface area (Å²) in [4.78, 5) is 19.0. The molecule has 0 aliphatic carbocycles. The molecule has 0 amide bonds. The van der Waals surface area contributed by atoms with Crippen molar-refractivity contribution in [3.8, 4) is 6.07 Å². The van der Waals surface area contributed by atoms with Crippen molar-refractivity contribution in [3.63, 3.8) is 0 Å². The fraction of sp³-hybridized carbons (Fsp3) is 0.455. The van der Waals surface area contributed by atoms with Crippen molar-refractivity contribution in [1.29, 1.82) is 5.26 Å². The number of nitrogens with one attached hydrogen (secondary N) is 1. The Bertz CT molecular complexity index is 455. The van der Waals surface area contributed by atoms with Crippen LogP contribution in [0.25, 0.3) is 0 Å². The normalized spacial score (nSPS) is 13.5. The van der Waals surface area contributed by atoms with Gasteiger partial charge in [-0.2, -0.15) is 5.26 Å². The summed E-state index contributed by atoms with van der Waals surface area (Å²) in [5.41, 5.74) is -1.05. The number of anilines is 1. The Kier molecular flexibility index (Phi) is 3.99. The van der Waals surface area contributed by atoms with Gasteiger partial charge in [-0.05, 0) is 13.3 Å². The van der Waals surface area contributed by atoms with Crippen LogP contribution >= 0.6 is 0 Å². The summed E-state index contributed by atoms with van der Waals surface area (Å²) in [5, 5.41) is 20.8. The number of nitrogens with zero attached hydrogens (tertiary/aromatic N) is 3. The third-order valence-electron chi connectivity index (χ3n) is 2.42. The van der Waals surface area contributed by atoms with Crippen LogP contribution in [0.15, 0.2) is 12.4 Å². The van der Waals surface area contributed by atoms with Crippen molar-refractivity contribution < 1.29 is 9.90 Å². The molecule has 0 aromatic carbocycles. The second-order valence-electron chi connectivity index (χ2n) is 3.88. The largest absolute Gasteiger partial charge is 0.480 e. The van der Waals surface area contributed by atoms with Crippen LogP contribution in [0.1, 0.15) is 32.4 Å². The molecule has 0 bridgehead atoms. The van der Waals surface area contributed by atoms with E-state index in [4.69, 9.17) is 5.26 Å². The Morgan fingerprint density at radius 2 is 2.24 bits per heavy atom. The summed E-state index contributed by atoms with van der Waals surface area (Å²) < 4.78 is 0. The van der Waals surface area contributed by atoms with E-state index < -0.39 is 11.5 Å². The maximum atomic E-state index is 11.2. The van der Waals surface area contributed by atoms with E-state index >= 15 is 0 Å². The summed E-state index contributed by atoms with van der Waals surface area (Å²) in [6.45, 7) is 3.46. The minimum atomic E-state index is -1.14. The summed E-state index contributed by atoms with van der Waals surface area (Å²) in [5.74, 6) is -0.776. The Balaban J connectivity index is 3.02. The number of aromatic nitrogens is 2. The Labute approximate surface area is 99.3 Å². The highest BCUT2D eigenvalue weighted by molar-refractivity contribution is 5.82. The highest BCUT2D eigenvalue weighted by atomic mass is 16.4. The fourth-order valence-corrected chi connectivity index (χ4v) is 1.50. The SMILES string of the molecule is CCCC(C)(Nc1nccnc1C#N)C(=O)O. The van der Waals surface area contributed by atoms with Gasteiger partial charge in [0.2, 0.25) is 0 Å². The molecule has 0 saturated heterocycles. The molecule has 0 aliphatic heterocycles. The van der Waals surface area contributed by atoms with Crippen LogP contribution in [0.4, 0.5) is 5.82 Å². The van der Waals surface area contributed by atoms with E-state index in [9.17, 15) is 9.90 Å². The molecular formula is C11H14N4O2. The molecule has 0 fully saturated rings. The Morgan fingerprint density at radius 1 is 1.59 bits per heavy atom. The lowest BCUT2D eigenvalue weighted by molar-refractivity contribution is -0.142. The topological polar surface area (TPSA) is 98.9 Å². The number of rotatable bonds is 5. The summed E-state index contributed by atoms with van der Waals surface area (Å²) in [6.07, 6.45) is 3.95. The van der Waals surface area contributed by atoms with Crippen molar-refractivity contribution >= 4 is 11.8 Å². The first-order chi connectivity index (χ1) is 8.03. The van der Waals surface area contributed by atoms with E-state index in [0.29, 0.717) is 12.8 Å². The standard InChI is InChI=1S/C11H14N4O2/c1-3-4-11(2,10(16)17)15-9-8(7-12)13-5-6-14-9/h5-6H,3-4H2,1-2H3,(H,14,15)(H,16,17). The van der Waals surface area contributed by atoms with Gasteiger partial charge in [-0.1, -0.05) is 13.3 Å². The third kappa shape index (κ3) is 2.91. The fourth-order valence-electron chi connectivity index (χ4n) is 1.50. The number of hydrogen-bond donors (Lipinski definition) is 2. The highest BCUT2D eigenvalue weighted by Gasteiger charge is 2.33. The van der Waals surface area contributed by atoms with Crippen molar-refractivity contribution in [2.24, 2.45) is 0 Å². The molecule has 0 spiro atoms. The molecule has 90 valence electrons. The van der Waals surface area contributed by atoms with Crippen molar-refractivity contribution in [1.82, 2.24) is 9.97 Å². The van der Waals surface area contributed by atoms with Crippen LogP contribution in [-0.4, -0.2) is 26.6 Å². The lowest BCUT2D eigenvalue weighted by Gasteiger charge is -2.26. The van der Waals surface area contributed by atoms with Gasteiger partial charge in [-0.3, -0.25) is 0 Å². The Morgan fingerprint density at radius 3 is 2.76 bits per heavy atom. The maximum absolute atomic E-state index is 11.2. The number of hydrogen-bond acceptors (Lipinski definition) is 5. The molecule has 1 aromatic heterocycles. The van der Waals surface area contributed by atoms with Gasteiger partial charge >= 0.3 is 5.97 Å². The van der Waals surface area contributed by atoms with E-state index in [0.717, 1.165) is 0 Å². The van der Waals surface area contributed by atoms with Gasteiger partial charge in [0, 0.05) is 12.4 Å². The zero-order valence-electron chi connectivity index (χ0n) is 9.77. The van der Waals surface area contributed by atoms with Gasteiger partial charge in [0.05, 0.1) is 0 Å². The van der Waals surface area contributed by atoms with E-state index in [1.807, 2.05) is 13.0 Å². The molecule has 0 radical (unpaired) electrons. The average Bonchev–Trinajstić information content (AvgIpc) is 2.30. The first kappa shape index (κ1) is 12.9. The smallest absolute Gasteiger partial charge is 0.329 e. The number of carbonyl (C=O) groups is 1. The minimum absolute atomic E-state index is 0.0936. The molecule has 6 heteroatoms. The third-order valence-corrected chi connectivity index (χ3v) is 2.42. The zero-order chi connectivity index (χ0) is 12.9. The summed E-state index contributed by atoms with van der Waals surface area (Å²) in [6, 6.07) is 1.87. The predicted octanol–water partition coefficient (Wildman–Crippen LogP) is 1.40. The van der Waals surface area contributed by atoms with Gasteiger partial charge in [-0.15, -0.1) is 0 Å². The second-order valence-corrected chi connectivity index (χ2v) is 3.88. The Hall–Kier alpha value is -2.16. The van der Waals surface area contributed by atoms with Crippen LogP contribution in [0.2, 0.25) is 0 Å². The van der Waals surface area contributed by atoms with E-state index in [2.05, 4.69) is 15.3 Å². The molecule has 17 heavy (non-hydrogen) atoms. The van der Waals surface area contributed by atoms with Crippen LogP contribution in [-0.2, 0) is 4.79 Å². The molecule has 1 aromatic rings. The van der Waals surface area contributed by atoms with Gasteiger partial charge < -0.3 is 10.4 Å². The number of carboxylic acids is 1. The molecule has 1 rings (SSSR count). The summed E-state index contributed by atoms with van der Waals surface area (Å²) in [7, 11) is 0. The molecule has 1 unspecified atom stereocenters. The van der Waals surface area contributed by atoms with Crippen LogP contribution < -0.4 is 5.32 Å². The van der Waals surface area contributed by atoms with Gasteiger partial charge in [0.25, 0.3) is 0 Å². The highest BCUT2D eigenvalue weighted by Crippen LogP contribution is 2.20. The van der Waals surface area contributed by atoms with E-state index in [-0.39, 0.29) is 11.5 Å². The number of nitriles is 1. The zero-order valence-corrected chi connectivity index (χ0v) is 9.77. The summed E-state index contributed by atoms with van der Waals surface area (Å²) >= 11 is 0. The molecule has 0 aliphatic rings. The predicted molar refractivity (Wildman–Crippen MR) is 61.3 cm³/mol. The lowest BCUT2D eigenvalue weighted by atomic mass is 9.96. The van der Waals surface area contributed by atoms with Gasteiger partial charge in [0.1, 0.15) is 11.6 Å². The van der Waals surface area contributed by atoms with Crippen LogP contribution in [0.5, 0.6) is 0 Å². The first-order valence-electron chi connectivity index (χ1n) is 5.26. The van der Waals surface area contributed by atoms with Crippen molar-refractivity contribution in [3.05, 3.63) is 18.1 Å². The van der Waals surface area contributed by atoms with Crippen LogP contribution in [0, 0.1) is 11.3 Å². The van der Waals surface area contributed by atoms with Crippen molar-refractivity contribution in [2.45, 2.75) is 32.2 Å². The number of carboxylic acid groups (broad SMARTS) is 1. The van der Waals surface area contributed by atoms with Gasteiger partial charge in [0.15, 0.2) is 11.5 Å². The molecule has 6 nitrogen and oxygen atoms in total. The van der Waals surface area contributed by atoms with E-state index in [1.54, 1.807) is 6.92 Å².